The molecule has 7 nitrogen and oxygen atoms in total. The summed E-state index contributed by atoms with van der Waals surface area (Å²) in [4.78, 5) is 36.6. The Morgan fingerprint density at radius 3 is 2.56 bits per heavy atom. The lowest BCUT2D eigenvalue weighted by atomic mass is 10.1. The van der Waals surface area contributed by atoms with Crippen molar-refractivity contribution in [3.8, 4) is 0 Å². The van der Waals surface area contributed by atoms with Crippen LogP contribution in [0.5, 0.6) is 0 Å². The molecule has 1 unspecified atom stereocenters. The lowest BCUT2D eigenvalue weighted by Gasteiger charge is -2.33. The van der Waals surface area contributed by atoms with Crippen LogP contribution in [0.3, 0.4) is 0 Å². The Labute approximate surface area is 93.3 Å². The predicted octanol–water partition coefficient (Wildman–Crippen LogP) is -2.51. The molecule has 0 bridgehead atoms. The van der Waals surface area contributed by atoms with E-state index in [0.717, 1.165) is 0 Å². The van der Waals surface area contributed by atoms with E-state index in [4.69, 9.17) is 11.5 Å². The molecule has 1 rings (SSSR count). The molecule has 90 valence electrons. The van der Waals surface area contributed by atoms with E-state index >= 15 is 0 Å². The van der Waals surface area contributed by atoms with Crippen molar-refractivity contribution in [2.75, 3.05) is 26.7 Å². The predicted molar refractivity (Wildman–Crippen MR) is 56.0 cm³/mol. The summed E-state index contributed by atoms with van der Waals surface area (Å²) in [6.45, 7) is 0.934. The molecule has 0 aromatic rings. The van der Waals surface area contributed by atoms with Gasteiger partial charge in [0, 0.05) is 20.1 Å². The average molecular weight is 228 g/mol. The van der Waals surface area contributed by atoms with Crippen LogP contribution in [0.2, 0.25) is 0 Å². The van der Waals surface area contributed by atoms with Gasteiger partial charge in [0.2, 0.25) is 17.7 Å². The summed E-state index contributed by atoms with van der Waals surface area (Å²) in [5, 5.41) is 0. The molecule has 1 saturated heterocycles. The zero-order valence-corrected chi connectivity index (χ0v) is 9.18. The summed E-state index contributed by atoms with van der Waals surface area (Å²) in [5.41, 5.74) is 10.5. The molecule has 0 aromatic carbocycles. The largest absolute Gasteiger partial charge is 0.370 e. The Kier molecular flexibility index (Phi) is 3.83. The number of primary amides is 1. The highest BCUT2D eigenvalue weighted by Gasteiger charge is 2.28. The van der Waals surface area contributed by atoms with Crippen molar-refractivity contribution in [2.45, 2.75) is 12.5 Å². The molecule has 0 aliphatic carbocycles. The second-order valence-corrected chi connectivity index (χ2v) is 3.85. The van der Waals surface area contributed by atoms with E-state index in [1.165, 1.54) is 4.90 Å². The number of carbonyl (C=O) groups is 3. The monoisotopic (exact) mass is 228 g/mol. The summed E-state index contributed by atoms with van der Waals surface area (Å²) in [6.07, 6.45) is -0.195. The molecule has 0 spiro atoms. The first-order valence-corrected chi connectivity index (χ1v) is 4.98. The molecule has 7 heteroatoms. The highest BCUT2D eigenvalue weighted by molar-refractivity contribution is 5.91. The van der Waals surface area contributed by atoms with Crippen molar-refractivity contribution >= 4 is 17.7 Å². The number of amides is 3. The highest BCUT2D eigenvalue weighted by Crippen LogP contribution is 2.04. The van der Waals surface area contributed by atoms with Gasteiger partial charge in [0.25, 0.3) is 0 Å². The van der Waals surface area contributed by atoms with Crippen LogP contribution < -0.4 is 11.5 Å². The molecular formula is C9H16N4O3. The van der Waals surface area contributed by atoms with E-state index in [1.807, 2.05) is 0 Å². The standard InChI is InChI=1S/C9H16N4O3/c1-12-2-3-13(5-8(12)15)9(16)6(10)4-7(11)14/h6H,2-5,10H2,1H3,(H2,11,14). The highest BCUT2D eigenvalue weighted by atomic mass is 16.2. The number of hydrogen-bond donors (Lipinski definition) is 2. The van der Waals surface area contributed by atoms with E-state index in [0.29, 0.717) is 13.1 Å². The molecule has 3 amide bonds. The van der Waals surface area contributed by atoms with Gasteiger partial charge in [-0.1, -0.05) is 0 Å². The van der Waals surface area contributed by atoms with Crippen LogP contribution in [-0.2, 0) is 14.4 Å². The smallest absolute Gasteiger partial charge is 0.241 e. The maximum atomic E-state index is 11.7. The number of hydrogen-bond acceptors (Lipinski definition) is 4. The Morgan fingerprint density at radius 2 is 2.06 bits per heavy atom. The zero-order chi connectivity index (χ0) is 12.3. The molecule has 0 radical (unpaired) electrons. The molecule has 0 aromatic heterocycles. The Balaban J connectivity index is 2.54. The summed E-state index contributed by atoms with van der Waals surface area (Å²) in [7, 11) is 1.67. The van der Waals surface area contributed by atoms with Gasteiger partial charge >= 0.3 is 0 Å². The van der Waals surface area contributed by atoms with Gasteiger partial charge < -0.3 is 21.3 Å². The van der Waals surface area contributed by atoms with Gasteiger partial charge in [0.05, 0.1) is 19.0 Å². The summed E-state index contributed by atoms with van der Waals surface area (Å²) < 4.78 is 0. The van der Waals surface area contributed by atoms with Crippen molar-refractivity contribution < 1.29 is 14.4 Å². The lowest BCUT2D eigenvalue weighted by molar-refractivity contribution is -0.145. The third-order valence-electron chi connectivity index (χ3n) is 2.51. The fraction of sp³-hybridized carbons (Fsp3) is 0.667. The number of rotatable bonds is 3. The van der Waals surface area contributed by atoms with Crippen LogP contribution in [0.15, 0.2) is 0 Å². The van der Waals surface area contributed by atoms with Gasteiger partial charge in [-0.15, -0.1) is 0 Å². The minimum Gasteiger partial charge on any atom is -0.370 e. The fourth-order valence-electron chi connectivity index (χ4n) is 1.49. The van der Waals surface area contributed by atoms with Crippen LogP contribution >= 0.6 is 0 Å². The normalized spacial score (nSPS) is 18.5. The minimum atomic E-state index is -0.950. The maximum absolute atomic E-state index is 11.7. The minimum absolute atomic E-state index is 0.0157. The average Bonchev–Trinajstić information content (AvgIpc) is 2.20. The quantitative estimate of drug-likeness (QED) is 0.556. The van der Waals surface area contributed by atoms with Crippen molar-refractivity contribution in [1.29, 1.82) is 0 Å². The summed E-state index contributed by atoms with van der Waals surface area (Å²) >= 11 is 0. The maximum Gasteiger partial charge on any atom is 0.241 e. The topological polar surface area (TPSA) is 110 Å². The van der Waals surface area contributed by atoms with Crippen molar-refractivity contribution in [3.63, 3.8) is 0 Å². The van der Waals surface area contributed by atoms with E-state index in [1.54, 1.807) is 11.9 Å². The molecule has 4 N–H and O–H groups in total. The summed E-state index contributed by atoms with van der Waals surface area (Å²) in [6, 6.07) is -0.950. The molecule has 1 aliphatic rings. The number of piperazine rings is 1. The lowest BCUT2D eigenvalue weighted by Crippen LogP contribution is -2.55. The SMILES string of the molecule is CN1CCN(C(=O)C(N)CC(N)=O)CC1=O. The Morgan fingerprint density at radius 1 is 1.44 bits per heavy atom. The third kappa shape index (κ3) is 2.93. The molecular weight excluding hydrogens is 212 g/mol. The first kappa shape index (κ1) is 12.4. The molecule has 1 aliphatic heterocycles. The summed E-state index contributed by atoms with van der Waals surface area (Å²) in [5.74, 6) is -1.16. The van der Waals surface area contributed by atoms with E-state index < -0.39 is 17.9 Å². The number of nitrogens with two attached hydrogens (primary N) is 2. The number of nitrogens with zero attached hydrogens (tertiary/aromatic N) is 2. The first-order valence-electron chi connectivity index (χ1n) is 4.98. The van der Waals surface area contributed by atoms with E-state index in [2.05, 4.69) is 0 Å². The molecule has 1 atom stereocenters. The van der Waals surface area contributed by atoms with Gasteiger partial charge in [-0.2, -0.15) is 0 Å². The van der Waals surface area contributed by atoms with Gasteiger partial charge in [-0.05, 0) is 0 Å². The Hall–Kier alpha value is -1.63. The second-order valence-electron chi connectivity index (χ2n) is 3.85. The fourth-order valence-corrected chi connectivity index (χ4v) is 1.49. The first-order chi connectivity index (χ1) is 7.41. The zero-order valence-electron chi connectivity index (χ0n) is 9.18. The molecule has 1 heterocycles. The van der Waals surface area contributed by atoms with Crippen LogP contribution in [0.25, 0.3) is 0 Å². The van der Waals surface area contributed by atoms with Crippen LogP contribution in [-0.4, -0.2) is 60.2 Å². The molecule has 16 heavy (non-hydrogen) atoms. The molecule has 0 saturated carbocycles. The van der Waals surface area contributed by atoms with Gasteiger partial charge in [0.1, 0.15) is 0 Å². The van der Waals surface area contributed by atoms with Crippen molar-refractivity contribution in [3.05, 3.63) is 0 Å². The van der Waals surface area contributed by atoms with Gasteiger partial charge in [-0.3, -0.25) is 14.4 Å². The third-order valence-corrected chi connectivity index (χ3v) is 2.51. The van der Waals surface area contributed by atoms with Crippen LogP contribution in [0.1, 0.15) is 6.42 Å². The molecule has 1 fully saturated rings. The van der Waals surface area contributed by atoms with Gasteiger partial charge in [0.15, 0.2) is 0 Å². The Bertz CT molecular complexity index is 318. The number of carbonyl (C=O) groups excluding carboxylic acids is 3. The van der Waals surface area contributed by atoms with Crippen LogP contribution in [0, 0.1) is 0 Å². The van der Waals surface area contributed by atoms with Crippen LogP contribution in [0.4, 0.5) is 0 Å². The van der Waals surface area contributed by atoms with Crippen molar-refractivity contribution in [2.24, 2.45) is 11.5 Å². The van der Waals surface area contributed by atoms with E-state index in [-0.39, 0.29) is 18.9 Å². The second kappa shape index (κ2) is 4.93. The number of likely N-dealkylation sites (N-methyl/N-ethyl adjacent to an activating group) is 1. The van der Waals surface area contributed by atoms with Gasteiger partial charge in [-0.25, -0.2) is 0 Å². The van der Waals surface area contributed by atoms with Crippen molar-refractivity contribution in [1.82, 2.24) is 9.80 Å². The van der Waals surface area contributed by atoms with E-state index in [9.17, 15) is 14.4 Å².